The zero-order valence-electron chi connectivity index (χ0n) is 9.12. The number of methoxy groups -OCH3 is 1. The van der Waals surface area contributed by atoms with Gasteiger partial charge in [0.05, 0.1) is 24.8 Å². The van der Waals surface area contributed by atoms with Crippen LogP contribution in [-0.4, -0.2) is 19.0 Å². The van der Waals surface area contributed by atoms with E-state index in [1.54, 1.807) is 0 Å². The SMILES string of the molecule is C#CCC(=O)Nc1cc(Cl)ccc1C(=O)OC. The lowest BCUT2D eigenvalue weighted by molar-refractivity contribution is -0.115. The highest BCUT2D eigenvalue weighted by Crippen LogP contribution is 2.22. The van der Waals surface area contributed by atoms with Crippen LogP contribution in [0.1, 0.15) is 16.8 Å². The van der Waals surface area contributed by atoms with E-state index in [1.807, 2.05) is 0 Å². The smallest absolute Gasteiger partial charge is 0.339 e. The molecule has 1 aromatic rings. The van der Waals surface area contributed by atoms with E-state index < -0.39 is 5.97 Å². The monoisotopic (exact) mass is 251 g/mol. The van der Waals surface area contributed by atoms with E-state index in [0.717, 1.165) is 0 Å². The largest absolute Gasteiger partial charge is 0.465 e. The summed E-state index contributed by atoms with van der Waals surface area (Å²) in [5.74, 6) is 1.26. The molecular weight excluding hydrogens is 242 g/mol. The van der Waals surface area contributed by atoms with Gasteiger partial charge in [-0.25, -0.2) is 4.79 Å². The average Bonchev–Trinajstić information content (AvgIpc) is 2.28. The van der Waals surface area contributed by atoms with E-state index in [0.29, 0.717) is 5.02 Å². The molecule has 0 aromatic heterocycles. The van der Waals surface area contributed by atoms with Crippen molar-refractivity contribution in [3.8, 4) is 12.3 Å². The quantitative estimate of drug-likeness (QED) is 0.661. The summed E-state index contributed by atoms with van der Waals surface area (Å²) in [5.41, 5.74) is 0.506. The van der Waals surface area contributed by atoms with Gasteiger partial charge in [0.2, 0.25) is 5.91 Å². The first-order chi connectivity index (χ1) is 8.08. The summed E-state index contributed by atoms with van der Waals surface area (Å²) < 4.78 is 4.58. The molecule has 4 nitrogen and oxygen atoms in total. The van der Waals surface area contributed by atoms with Crippen LogP contribution in [0.5, 0.6) is 0 Å². The highest BCUT2D eigenvalue weighted by atomic mass is 35.5. The van der Waals surface area contributed by atoms with Crippen LogP contribution in [0.3, 0.4) is 0 Å². The number of anilines is 1. The summed E-state index contributed by atoms with van der Waals surface area (Å²) in [5, 5.41) is 2.90. The Morgan fingerprint density at radius 2 is 2.24 bits per heavy atom. The molecule has 0 aliphatic carbocycles. The summed E-state index contributed by atoms with van der Waals surface area (Å²) >= 11 is 5.78. The maximum atomic E-state index is 11.4. The van der Waals surface area contributed by atoms with Crippen LogP contribution in [0.4, 0.5) is 5.69 Å². The molecule has 0 aliphatic rings. The minimum atomic E-state index is -0.558. The van der Waals surface area contributed by atoms with Crippen molar-refractivity contribution in [3.63, 3.8) is 0 Å². The third-order valence-corrected chi connectivity index (χ3v) is 2.16. The lowest BCUT2D eigenvalue weighted by Crippen LogP contribution is -2.14. The van der Waals surface area contributed by atoms with Crippen LogP contribution in [0.2, 0.25) is 5.02 Å². The van der Waals surface area contributed by atoms with Gasteiger partial charge in [-0.2, -0.15) is 0 Å². The maximum absolute atomic E-state index is 11.4. The molecule has 0 radical (unpaired) electrons. The van der Waals surface area contributed by atoms with Gasteiger partial charge in [0, 0.05) is 5.02 Å². The van der Waals surface area contributed by atoms with Crippen LogP contribution in [0, 0.1) is 12.3 Å². The predicted molar refractivity (Wildman–Crippen MR) is 64.9 cm³/mol. The summed E-state index contributed by atoms with van der Waals surface area (Å²) in [6, 6.07) is 4.46. The maximum Gasteiger partial charge on any atom is 0.339 e. The summed E-state index contributed by atoms with van der Waals surface area (Å²) in [6.45, 7) is 0. The first-order valence-electron chi connectivity index (χ1n) is 4.69. The van der Waals surface area contributed by atoms with Crippen molar-refractivity contribution in [2.45, 2.75) is 6.42 Å². The molecule has 17 heavy (non-hydrogen) atoms. The molecule has 0 fully saturated rings. The zero-order valence-corrected chi connectivity index (χ0v) is 9.88. The minimum Gasteiger partial charge on any atom is -0.465 e. The lowest BCUT2D eigenvalue weighted by atomic mass is 10.1. The number of benzene rings is 1. The summed E-state index contributed by atoms with van der Waals surface area (Å²) in [7, 11) is 1.25. The molecule has 0 bridgehead atoms. The van der Waals surface area contributed by atoms with Gasteiger partial charge in [-0.15, -0.1) is 6.42 Å². The molecule has 0 saturated heterocycles. The van der Waals surface area contributed by atoms with Crippen molar-refractivity contribution < 1.29 is 14.3 Å². The van der Waals surface area contributed by atoms with Crippen molar-refractivity contribution >= 4 is 29.2 Å². The molecule has 1 N–H and O–H groups in total. The topological polar surface area (TPSA) is 55.4 Å². The predicted octanol–water partition coefficient (Wildman–Crippen LogP) is 2.09. The van der Waals surface area contributed by atoms with Crippen molar-refractivity contribution in [2.24, 2.45) is 0 Å². The Morgan fingerprint density at radius 3 is 2.82 bits per heavy atom. The minimum absolute atomic E-state index is 0.0763. The van der Waals surface area contributed by atoms with Crippen LogP contribution in [0.15, 0.2) is 18.2 Å². The van der Waals surface area contributed by atoms with E-state index in [1.165, 1.54) is 25.3 Å². The van der Waals surface area contributed by atoms with E-state index in [2.05, 4.69) is 16.0 Å². The standard InChI is InChI=1S/C12H10ClNO3/c1-3-4-11(15)14-10-7-8(13)5-6-9(10)12(16)17-2/h1,5-7H,4H2,2H3,(H,14,15). The number of terminal acetylenes is 1. The van der Waals surface area contributed by atoms with Gasteiger partial charge in [-0.05, 0) is 18.2 Å². The number of hydrogen-bond acceptors (Lipinski definition) is 3. The number of rotatable bonds is 3. The molecule has 88 valence electrons. The molecule has 0 aliphatic heterocycles. The lowest BCUT2D eigenvalue weighted by Gasteiger charge is -2.09. The number of hydrogen-bond donors (Lipinski definition) is 1. The van der Waals surface area contributed by atoms with E-state index in [9.17, 15) is 9.59 Å². The van der Waals surface area contributed by atoms with Gasteiger partial charge in [0.1, 0.15) is 0 Å². The third-order valence-electron chi connectivity index (χ3n) is 1.92. The molecule has 1 aromatic carbocycles. The van der Waals surface area contributed by atoms with Crippen LogP contribution in [-0.2, 0) is 9.53 Å². The molecule has 5 heteroatoms. The van der Waals surface area contributed by atoms with Crippen molar-refractivity contribution in [2.75, 3.05) is 12.4 Å². The molecule has 0 heterocycles. The molecular formula is C12H10ClNO3. The van der Waals surface area contributed by atoms with Gasteiger partial charge in [-0.1, -0.05) is 17.5 Å². The van der Waals surface area contributed by atoms with Crippen LogP contribution < -0.4 is 5.32 Å². The van der Waals surface area contributed by atoms with Gasteiger partial charge in [-0.3, -0.25) is 4.79 Å². The highest BCUT2D eigenvalue weighted by molar-refractivity contribution is 6.31. The summed E-state index contributed by atoms with van der Waals surface area (Å²) in [6.07, 6.45) is 4.93. The zero-order chi connectivity index (χ0) is 12.8. The normalized spacial score (nSPS) is 9.24. The Bertz CT molecular complexity index is 491. The number of carbonyl (C=O) groups excluding carboxylic acids is 2. The Balaban J connectivity index is 3.04. The van der Waals surface area contributed by atoms with E-state index >= 15 is 0 Å². The fourth-order valence-corrected chi connectivity index (χ4v) is 1.37. The molecule has 1 rings (SSSR count). The number of esters is 1. The van der Waals surface area contributed by atoms with Crippen LogP contribution in [0.25, 0.3) is 0 Å². The molecule has 0 atom stereocenters. The Kier molecular flexibility index (Phi) is 4.56. The molecule has 0 saturated carbocycles. The Labute approximate surface area is 104 Å². The number of carbonyl (C=O) groups is 2. The van der Waals surface area contributed by atoms with Gasteiger partial charge >= 0.3 is 5.97 Å². The van der Waals surface area contributed by atoms with Crippen molar-refractivity contribution in [1.82, 2.24) is 0 Å². The second kappa shape index (κ2) is 5.92. The van der Waals surface area contributed by atoms with E-state index in [4.69, 9.17) is 18.0 Å². The van der Waals surface area contributed by atoms with Gasteiger partial charge in [0.15, 0.2) is 0 Å². The van der Waals surface area contributed by atoms with Crippen molar-refractivity contribution in [3.05, 3.63) is 28.8 Å². The van der Waals surface area contributed by atoms with Gasteiger partial charge in [0.25, 0.3) is 0 Å². The number of nitrogens with one attached hydrogen (secondary N) is 1. The van der Waals surface area contributed by atoms with Crippen LogP contribution >= 0.6 is 11.6 Å². The number of ether oxygens (including phenoxy) is 1. The summed E-state index contributed by atoms with van der Waals surface area (Å²) in [4.78, 5) is 22.8. The highest BCUT2D eigenvalue weighted by Gasteiger charge is 2.13. The Hall–Kier alpha value is -1.99. The van der Waals surface area contributed by atoms with E-state index in [-0.39, 0.29) is 23.6 Å². The molecule has 0 unspecified atom stereocenters. The average molecular weight is 252 g/mol. The van der Waals surface area contributed by atoms with Crippen molar-refractivity contribution in [1.29, 1.82) is 0 Å². The first-order valence-corrected chi connectivity index (χ1v) is 5.07. The third kappa shape index (κ3) is 3.51. The fraction of sp³-hybridized carbons (Fsp3) is 0.167. The van der Waals surface area contributed by atoms with Gasteiger partial charge < -0.3 is 10.1 Å². The number of halogens is 1. The molecule has 0 spiro atoms. The fourth-order valence-electron chi connectivity index (χ4n) is 1.19. The second-order valence-electron chi connectivity index (χ2n) is 3.11. The second-order valence-corrected chi connectivity index (χ2v) is 3.55. The molecule has 1 amide bonds. The first kappa shape index (κ1) is 13.1. The number of amides is 1. The Morgan fingerprint density at radius 1 is 1.53 bits per heavy atom.